The van der Waals surface area contributed by atoms with Gasteiger partial charge in [0.2, 0.25) is 6.33 Å². The van der Waals surface area contributed by atoms with E-state index < -0.39 is 0 Å². The summed E-state index contributed by atoms with van der Waals surface area (Å²) in [7, 11) is 2.04. The number of rotatable bonds is 3. The molecule has 0 spiro atoms. The van der Waals surface area contributed by atoms with Gasteiger partial charge in [-0.1, -0.05) is 13.3 Å². The largest absolute Gasteiger partial charge is 0.243 e. The Hall–Kier alpha value is 0.0800. The van der Waals surface area contributed by atoms with Crippen LogP contribution in [-0.2, 0) is 13.6 Å². The van der Waals surface area contributed by atoms with Crippen molar-refractivity contribution in [2.45, 2.75) is 26.3 Å². The van der Waals surface area contributed by atoms with Gasteiger partial charge in [0.25, 0.3) is 0 Å². The smallest absolute Gasteiger partial charge is 0.240 e. The van der Waals surface area contributed by atoms with E-state index in [-0.39, 0.29) is 37.2 Å². The van der Waals surface area contributed by atoms with Gasteiger partial charge in [-0.25, -0.2) is 9.13 Å². The number of hydrogen-bond acceptors (Lipinski definition) is 0. The fourth-order valence-electron chi connectivity index (χ4n) is 0.975. The molecule has 0 fully saturated rings. The molecule has 0 saturated carbocycles. The van der Waals surface area contributed by atoms with E-state index in [2.05, 4.69) is 34.8 Å². The van der Waals surface area contributed by atoms with Crippen LogP contribution in [0.15, 0.2) is 18.7 Å². The average Bonchev–Trinajstić information content (AvgIpc) is 2.31. The lowest BCUT2D eigenvalue weighted by molar-refractivity contribution is -0.696. The van der Waals surface area contributed by atoms with Gasteiger partial charge in [0.05, 0.1) is 13.6 Å². The Bertz CT molecular complexity index is 201. The van der Waals surface area contributed by atoms with Crippen molar-refractivity contribution in [3.63, 3.8) is 0 Å². The van der Waals surface area contributed by atoms with Gasteiger partial charge in [0, 0.05) is 0 Å². The Morgan fingerprint density at radius 3 is 2.23 bits per heavy atom. The van der Waals surface area contributed by atoms with Crippen molar-refractivity contribution < 1.29 is 4.57 Å². The molecule has 0 unspecified atom stereocenters. The third-order valence-electron chi connectivity index (χ3n) is 1.59. The Morgan fingerprint density at radius 1 is 1.23 bits per heavy atom. The minimum absolute atomic E-state index is 0. The van der Waals surface area contributed by atoms with Crippen LogP contribution in [0.25, 0.3) is 0 Å². The molecule has 0 aromatic carbocycles. The molecule has 5 heteroatoms. The minimum Gasteiger partial charge on any atom is -0.240 e. The van der Waals surface area contributed by atoms with Gasteiger partial charge >= 0.3 is 0 Å². The summed E-state index contributed by atoms with van der Waals surface area (Å²) in [5.74, 6) is 0. The highest BCUT2D eigenvalue weighted by molar-refractivity contribution is 5.86. The lowest BCUT2D eigenvalue weighted by Gasteiger charge is -1.90. The van der Waals surface area contributed by atoms with E-state index in [1.165, 1.54) is 12.8 Å². The Kier molecular flexibility index (Phi) is 14.7. The molecule has 0 radical (unpaired) electrons. The van der Waals surface area contributed by atoms with Crippen molar-refractivity contribution >= 4 is 37.2 Å². The molecule has 80 valence electrons. The predicted molar refractivity (Wildman–Crippen MR) is 62.3 cm³/mol. The summed E-state index contributed by atoms with van der Waals surface area (Å²) < 4.78 is 4.28. The molecular weight excluding hydrogens is 230 g/mol. The second-order valence-electron chi connectivity index (χ2n) is 2.67. The Labute approximate surface area is 98.6 Å². The van der Waals surface area contributed by atoms with Crippen LogP contribution in [0.1, 0.15) is 19.8 Å². The molecule has 0 aliphatic rings. The van der Waals surface area contributed by atoms with Crippen LogP contribution >= 0.6 is 37.2 Å². The first-order chi connectivity index (χ1) is 4.83. The number of hydrogen-bond donors (Lipinski definition) is 0. The molecule has 0 bridgehead atoms. The normalized spacial score (nSPS) is 7.85. The van der Waals surface area contributed by atoms with Gasteiger partial charge in [0.1, 0.15) is 12.4 Å². The van der Waals surface area contributed by atoms with Crippen LogP contribution in [-0.4, -0.2) is 4.57 Å². The maximum absolute atomic E-state index is 2.21. The first-order valence-corrected chi connectivity index (χ1v) is 3.84. The number of aromatic nitrogens is 2. The lowest BCUT2D eigenvalue weighted by Crippen LogP contribution is -2.30. The van der Waals surface area contributed by atoms with E-state index in [0.717, 1.165) is 6.54 Å². The quantitative estimate of drug-likeness (QED) is 0.727. The summed E-state index contributed by atoms with van der Waals surface area (Å²) in [6.45, 7) is 3.36. The zero-order chi connectivity index (χ0) is 7.40. The molecule has 1 heterocycles. The number of imidazole rings is 1. The maximum atomic E-state index is 2.21. The summed E-state index contributed by atoms with van der Waals surface area (Å²) in [5.41, 5.74) is 0. The van der Waals surface area contributed by atoms with Crippen molar-refractivity contribution in [3.8, 4) is 0 Å². The molecule has 0 atom stereocenters. The second-order valence-corrected chi connectivity index (χ2v) is 2.67. The van der Waals surface area contributed by atoms with E-state index in [4.69, 9.17) is 0 Å². The fourth-order valence-corrected chi connectivity index (χ4v) is 0.975. The highest BCUT2D eigenvalue weighted by Crippen LogP contribution is 1.85. The lowest BCUT2D eigenvalue weighted by atomic mass is 10.3. The predicted octanol–water partition coefficient (Wildman–Crippen LogP) is 2.38. The van der Waals surface area contributed by atoms with Gasteiger partial charge in [-0.05, 0) is 6.42 Å². The van der Waals surface area contributed by atoms with Gasteiger partial charge in [-0.15, -0.1) is 37.2 Å². The topological polar surface area (TPSA) is 8.81 Å². The van der Waals surface area contributed by atoms with Crippen molar-refractivity contribution in [2.75, 3.05) is 0 Å². The third-order valence-corrected chi connectivity index (χ3v) is 1.59. The molecule has 0 N–H and O–H groups in total. The zero-order valence-corrected chi connectivity index (χ0v) is 10.4. The van der Waals surface area contributed by atoms with Crippen LogP contribution in [0.5, 0.6) is 0 Å². The molecule has 2 nitrogen and oxygen atoms in total. The standard InChI is InChI=1S/C8H15N2.3ClH/c1-3-4-5-10-7-6-9(2)8-10;;;/h6-8H,3-5H2,1-2H3;3*1H/q+1;;;. The van der Waals surface area contributed by atoms with E-state index in [9.17, 15) is 0 Å². The first-order valence-electron chi connectivity index (χ1n) is 3.84. The van der Waals surface area contributed by atoms with E-state index in [0.29, 0.717) is 0 Å². The highest BCUT2D eigenvalue weighted by atomic mass is 35.5. The SMILES string of the molecule is CCCC[n+]1ccn(C)c1.Cl.Cl.Cl. The van der Waals surface area contributed by atoms with Gasteiger partial charge < -0.3 is 0 Å². The van der Waals surface area contributed by atoms with E-state index in [1.807, 2.05) is 7.05 Å². The third kappa shape index (κ3) is 7.17. The van der Waals surface area contributed by atoms with Crippen molar-refractivity contribution in [2.24, 2.45) is 7.05 Å². The Balaban J connectivity index is -0.000000333. The van der Waals surface area contributed by atoms with E-state index in [1.54, 1.807) is 0 Å². The number of nitrogens with zero attached hydrogens (tertiary/aromatic N) is 2. The second kappa shape index (κ2) is 10.2. The van der Waals surface area contributed by atoms with Gasteiger partial charge in [-0.3, -0.25) is 0 Å². The monoisotopic (exact) mass is 247 g/mol. The average molecular weight is 249 g/mol. The molecule has 0 aliphatic carbocycles. The minimum atomic E-state index is 0. The molecule has 1 aromatic rings. The van der Waals surface area contributed by atoms with E-state index >= 15 is 0 Å². The molecule has 0 saturated heterocycles. The van der Waals surface area contributed by atoms with Crippen molar-refractivity contribution in [3.05, 3.63) is 18.7 Å². The fraction of sp³-hybridized carbons (Fsp3) is 0.625. The molecule has 1 aromatic heterocycles. The molecule has 0 amide bonds. The van der Waals surface area contributed by atoms with Crippen LogP contribution in [0.4, 0.5) is 0 Å². The molecule has 0 aliphatic heterocycles. The van der Waals surface area contributed by atoms with Crippen molar-refractivity contribution in [1.82, 2.24) is 4.57 Å². The Morgan fingerprint density at radius 2 is 1.85 bits per heavy atom. The number of unbranched alkanes of at least 4 members (excludes halogenated alkanes) is 1. The van der Waals surface area contributed by atoms with Crippen LogP contribution in [0.2, 0.25) is 0 Å². The van der Waals surface area contributed by atoms with Gasteiger partial charge in [-0.2, -0.15) is 0 Å². The molecule has 13 heavy (non-hydrogen) atoms. The first kappa shape index (κ1) is 18.8. The van der Waals surface area contributed by atoms with Crippen LogP contribution in [0.3, 0.4) is 0 Å². The van der Waals surface area contributed by atoms with Gasteiger partial charge in [0.15, 0.2) is 0 Å². The molecular formula is C8H18Cl3N2+. The van der Waals surface area contributed by atoms with Crippen LogP contribution in [0, 0.1) is 0 Å². The summed E-state index contributed by atoms with van der Waals surface area (Å²) in [6.07, 6.45) is 8.82. The zero-order valence-electron chi connectivity index (χ0n) is 7.97. The van der Waals surface area contributed by atoms with Crippen molar-refractivity contribution in [1.29, 1.82) is 0 Å². The summed E-state index contributed by atoms with van der Waals surface area (Å²) in [4.78, 5) is 0. The number of aryl methyl sites for hydroxylation is 2. The molecule has 1 rings (SSSR count). The highest BCUT2D eigenvalue weighted by Gasteiger charge is 1.96. The summed E-state index contributed by atoms with van der Waals surface area (Å²) >= 11 is 0. The summed E-state index contributed by atoms with van der Waals surface area (Å²) in [6, 6.07) is 0. The number of halogens is 3. The maximum Gasteiger partial charge on any atom is 0.243 e. The van der Waals surface area contributed by atoms with Crippen LogP contribution < -0.4 is 4.57 Å². The summed E-state index contributed by atoms with van der Waals surface area (Å²) in [5, 5.41) is 0.